The van der Waals surface area contributed by atoms with Crippen molar-refractivity contribution in [2.75, 3.05) is 5.32 Å². The summed E-state index contributed by atoms with van der Waals surface area (Å²) in [4.78, 5) is 23.6. The maximum Gasteiger partial charge on any atom is 0.337 e. The zero-order valence-corrected chi connectivity index (χ0v) is 12.7. The van der Waals surface area contributed by atoms with E-state index in [0.717, 1.165) is 19.3 Å². The average molecular weight is 331 g/mol. The molecule has 2 atom stereocenters. The molecule has 0 aromatic heterocycles. The van der Waals surface area contributed by atoms with Crippen LogP contribution in [0.3, 0.4) is 0 Å². The molecule has 0 aliphatic heterocycles. The fourth-order valence-electron chi connectivity index (χ4n) is 2.57. The van der Waals surface area contributed by atoms with Gasteiger partial charge in [-0.1, -0.05) is 36.0 Å². The molecule has 0 radical (unpaired) electrons. The highest BCUT2D eigenvalue weighted by Crippen LogP contribution is 2.32. The lowest BCUT2D eigenvalue weighted by atomic mass is 9.84. The van der Waals surface area contributed by atoms with E-state index in [1.165, 1.54) is 12.1 Å². The summed E-state index contributed by atoms with van der Waals surface area (Å²) < 4.78 is 0. The monoisotopic (exact) mass is 330 g/mol. The first-order chi connectivity index (χ1) is 9.90. The molecule has 1 aliphatic rings. The Morgan fingerprint density at radius 3 is 2.52 bits per heavy atom. The summed E-state index contributed by atoms with van der Waals surface area (Å²) in [6, 6.07) is 2.44. The van der Waals surface area contributed by atoms with E-state index in [-0.39, 0.29) is 39.2 Å². The van der Waals surface area contributed by atoms with E-state index in [1.54, 1.807) is 0 Å². The van der Waals surface area contributed by atoms with Crippen molar-refractivity contribution < 1.29 is 14.7 Å². The minimum Gasteiger partial charge on any atom is -0.478 e. The fourth-order valence-corrected chi connectivity index (χ4v) is 3.11. The van der Waals surface area contributed by atoms with Crippen molar-refractivity contribution in [2.45, 2.75) is 31.7 Å². The standard InChI is InChI=1S/C14H16Cl2N2O3/c15-7-5-9(14(20)21)12(10(16)6-7)18-13(19)8-3-1-2-4-11(8)17/h5-6,8,11H,1-4,17H2,(H,18,19)(H,20,21). The van der Waals surface area contributed by atoms with Crippen LogP contribution in [0.25, 0.3) is 0 Å². The number of anilines is 1. The van der Waals surface area contributed by atoms with E-state index in [4.69, 9.17) is 28.9 Å². The normalized spacial score (nSPS) is 21.9. The maximum atomic E-state index is 12.3. The first kappa shape index (κ1) is 16.1. The molecule has 2 rings (SSSR count). The summed E-state index contributed by atoms with van der Waals surface area (Å²) in [5.41, 5.74) is 5.89. The number of carboxylic acids is 1. The summed E-state index contributed by atoms with van der Waals surface area (Å²) in [5.74, 6) is -1.83. The molecule has 0 spiro atoms. The number of nitrogens with two attached hydrogens (primary N) is 1. The van der Waals surface area contributed by atoms with E-state index in [9.17, 15) is 14.7 Å². The van der Waals surface area contributed by atoms with Gasteiger partial charge in [0, 0.05) is 11.1 Å². The summed E-state index contributed by atoms with van der Waals surface area (Å²) in [7, 11) is 0. The lowest BCUT2D eigenvalue weighted by molar-refractivity contribution is -0.121. The molecule has 7 heteroatoms. The van der Waals surface area contributed by atoms with Crippen molar-refractivity contribution in [3.05, 3.63) is 27.7 Å². The second-order valence-corrected chi connectivity index (χ2v) is 6.00. The van der Waals surface area contributed by atoms with Gasteiger partial charge in [-0.3, -0.25) is 4.79 Å². The zero-order chi connectivity index (χ0) is 15.6. The van der Waals surface area contributed by atoms with Gasteiger partial charge in [-0.15, -0.1) is 0 Å². The second kappa shape index (κ2) is 6.64. The van der Waals surface area contributed by atoms with E-state index in [1.807, 2.05) is 0 Å². The van der Waals surface area contributed by atoms with Gasteiger partial charge in [-0.05, 0) is 25.0 Å². The van der Waals surface area contributed by atoms with Crippen LogP contribution in [0.4, 0.5) is 5.69 Å². The SMILES string of the molecule is NC1CCCCC1C(=O)Nc1c(Cl)cc(Cl)cc1C(=O)O. The van der Waals surface area contributed by atoms with Crippen molar-refractivity contribution in [1.29, 1.82) is 0 Å². The molecule has 21 heavy (non-hydrogen) atoms. The van der Waals surface area contributed by atoms with Gasteiger partial charge in [-0.2, -0.15) is 0 Å². The molecule has 1 aliphatic carbocycles. The van der Waals surface area contributed by atoms with Crippen molar-refractivity contribution in [3.8, 4) is 0 Å². The molecule has 1 fully saturated rings. The number of hydrogen-bond acceptors (Lipinski definition) is 3. The Kier molecular flexibility index (Phi) is 5.08. The summed E-state index contributed by atoms with van der Waals surface area (Å²) in [6.45, 7) is 0. The lowest BCUT2D eigenvalue weighted by Gasteiger charge is -2.27. The van der Waals surface area contributed by atoms with Gasteiger partial charge in [-0.25, -0.2) is 4.79 Å². The van der Waals surface area contributed by atoms with Gasteiger partial charge in [0.1, 0.15) is 0 Å². The smallest absolute Gasteiger partial charge is 0.337 e. The van der Waals surface area contributed by atoms with Gasteiger partial charge in [0.05, 0.1) is 22.2 Å². The number of carbonyl (C=O) groups excluding carboxylic acids is 1. The van der Waals surface area contributed by atoms with Crippen LogP contribution in [0.15, 0.2) is 12.1 Å². The van der Waals surface area contributed by atoms with Crippen LogP contribution in [-0.2, 0) is 4.79 Å². The number of halogens is 2. The Hall–Kier alpha value is -1.30. The van der Waals surface area contributed by atoms with Gasteiger partial charge in [0.25, 0.3) is 0 Å². The molecular formula is C14H16Cl2N2O3. The molecule has 1 amide bonds. The molecule has 1 aromatic carbocycles. The van der Waals surface area contributed by atoms with Crippen LogP contribution < -0.4 is 11.1 Å². The van der Waals surface area contributed by atoms with Crippen molar-refractivity contribution in [1.82, 2.24) is 0 Å². The Labute approximate surface area is 132 Å². The molecule has 1 saturated carbocycles. The predicted molar refractivity (Wildman–Crippen MR) is 82.0 cm³/mol. The van der Waals surface area contributed by atoms with Crippen LogP contribution in [-0.4, -0.2) is 23.0 Å². The van der Waals surface area contributed by atoms with Crippen molar-refractivity contribution >= 4 is 40.8 Å². The molecule has 0 saturated heterocycles. The molecule has 0 bridgehead atoms. The minimum absolute atomic E-state index is 0.0661. The number of carbonyl (C=O) groups is 2. The number of carboxylic acid groups (broad SMARTS) is 1. The van der Waals surface area contributed by atoms with E-state index < -0.39 is 5.97 Å². The van der Waals surface area contributed by atoms with Gasteiger partial charge in [0.15, 0.2) is 0 Å². The van der Waals surface area contributed by atoms with Crippen LogP contribution in [0.1, 0.15) is 36.0 Å². The second-order valence-electron chi connectivity index (χ2n) is 5.16. The summed E-state index contributed by atoms with van der Waals surface area (Å²) >= 11 is 11.8. The number of aromatic carboxylic acids is 1. The largest absolute Gasteiger partial charge is 0.478 e. The Morgan fingerprint density at radius 2 is 1.90 bits per heavy atom. The first-order valence-electron chi connectivity index (χ1n) is 6.69. The van der Waals surface area contributed by atoms with Crippen LogP contribution in [0.5, 0.6) is 0 Å². The zero-order valence-electron chi connectivity index (χ0n) is 11.2. The Morgan fingerprint density at radius 1 is 1.24 bits per heavy atom. The first-order valence-corrected chi connectivity index (χ1v) is 7.44. The molecular weight excluding hydrogens is 315 g/mol. The fraction of sp³-hybridized carbons (Fsp3) is 0.429. The highest BCUT2D eigenvalue weighted by Gasteiger charge is 2.29. The Bertz CT molecular complexity index is 578. The molecule has 1 aromatic rings. The third-order valence-corrected chi connectivity index (χ3v) is 4.21. The number of hydrogen-bond donors (Lipinski definition) is 3. The van der Waals surface area contributed by atoms with Crippen LogP contribution >= 0.6 is 23.2 Å². The Balaban J connectivity index is 2.26. The number of amides is 1. The highest BCUT2D eigenvalue weighted by molar-refractivity contribution is 6.37. The third-order valence-electron chi connectivity index (χ3n) is 3.69. The summed E-state index contributed by atoms with van der Waals surface area (Å²) in [6.07, 6.45) is 3.43. The van der Waals surface area contributed by atoms with Gasteiger partial charge in [0.2, 0.25) is 5.91 Å². The highest BCUT2D eigenvalue weighted by atomic mass is 35.5. The lowest BCUT2D eigenvalue weighted by Crippen LogP contribution is -2.41. The summed E-state index contributed by atoms with van der Waals surface area (Å²) in [5, 5.41) is 12.1. The third kappa shape index (κ3) is 3.67. The number of nitrogens with one attached hydrogen (secondary N) is 1. The molecule has 2 unspecified atom stereocenters. The van der Waals surface area contributed by atoms with Crippen molar-refractivity contribution in [2.24, 2.45) is 11.7 Å². The topological polar surface area (TPSA) is 92.4 Å². The minimum atomic E-state index is -1.21. The van der Waals surface area contributed by atoms with Crippen LogP contribution in [0.2, 0.25) is 10.0 Å². The van der Waals surface area contributed by atoms with E-state index in [2.05, 4.69) is 5.32 Å². The quantitative estimate of drug-likeness (QED) is 0.793. The number of rotatable bonds is 3. The van der Waals surface area contributed by atoms with Crippen molar-refractivity contribution in [3.63, 3.8) is 0 Å². The van der Waals surface area contributed by atoms with E-state index >= 15 is 0 Å². The average Bonchev–Trinajstić information content (AvgIpc) is 2.41. The molecule has 5 nitrogen and oxygen atoms in total. The predicted octanol–water partition coefficient (Wildman–Crippen LogP) is 3.15. The van der Waals surface area contributed by atoms with Gasteiger partial charge < -0.3 is 16.2 Å². The van der Waals surface area contributed by atoms with Crippen LogP contribution in [0, 0.1) is 5.92 Å². The molecule has 4 N–H and O–H groups in total. The molecule has 0 heterocycles. The number of benzene rings is 1. The van der Waals surface area contributed by atoms with Gasteiger partial charge >= 0.3 is 5.97 Å². The van der Waals surface area contributed by atoms with E-state index in [0.29, 0.717) is 6.42 Å². The molecule has 114 valence electrons. The maximum absolute atomic E-state index is 12.3.